The topological polar surface area (TPSA) is 29.5 Å². The minimum atomic E-state index is -4.25. The minimum Gasteiger partial charge on any atom is -0.497 e. The number of hydrogen-bond acceptors (Lipinski definition) is 2. The summed E-state index contributed by atoms with van der Waals surface area (Å²) in [5, 5.41) is 0. The van der Waals surface area contributed by atoms with Gasteiger partial charge in [-0.2, -0.15) is 13.2 Å². The highest BCUT2D eigenvalue weighted by molar-refractivity contribution is 5.95. The number of amides is 1. The average molecular weight is 391 g/mol. The molecule has 0 aliphatic heterocycles. The van der Waals surface area contributed by atoms with Gasteiger partial charge in [0, 0.05) is 11.6 Å². The third-order valence-corrected chi connectivity index (χ3v) is 5.32. The molecule has 0 saturated heterocycles. The van der Waals surface area contributed by atoms with Crippen LogP contribution >= 0.6 is 0 Å². The van der Waals surface area contributed by atoms with Gasteiger partial charge in [-0.15, -0.1) is 0 Å². The lowest BCUT2D eigenvalue weighted by atomic mass is 9.80. The van der Waals surface area contributed by atoms with Crippen LogP contribution in [0.1, 0.15) is 31.2 Å². The van der Waals surface area contributed by atoms with Crippen LogP contribution in [-0.2, 0) is 11.3 Å². The van der Waals surface area contributed by atoms with Crippen molar-refractivity contribution in [3.63, 3.8) is 0 Å². The maximum absolute atomic E-state index is 13.3. The lowest BCUT2D eigenvalue weighted by molar-refractivity contribution is -0.186. The van der Waals surface area contributed by atoms with Gasteiger partial charge in [-0.05, 0) is 49.1 Å². The largest absolute Gasteiger partial charge is 0.497 e. The Labute approximate surface area is 163 Å². The Morgan fingerprint density at radius 1 is 1.07 bits per heavy atom. The quantitative estimate of drug-likeness (QED) is 0.664. The van der Waals surface area contributed by atoms with E-state index in [1.54, 1.807) is 36.3 Å². The van der Waals surface area contributed by atoms with Crippen molar-refractivity contribution in [2.45, 2.75) is 38.4 Å². The molecule has 2 unspecified atom stereocenters. The smallest absolute Gasteiger partial charge is 0.391 e. The van der Waals surface area contributed by atoms with Crippen LogP contribution in [0.5, 0.6) is 5.75 Å². The van der Waals surface area contributed by atoms with Gasteiger partial charge >= 0.3 is 6.18 Å². The SMILES string of the molecule is COc1ccc(N(Cc2ccccc2)C(=O)C2CCCC(C(F)(F)F)C2)cc1. The molecule has 0 heterocycles. The summed E-state index contributed by atoms with van der Waals surface area (Å²) in [7, 11) is 1.56. The fraction of sp³-hybridized carbons (Fsp3) is 0.409. The fourth-order valence-corrected chi connectivity index (χ4v) is 3.76. The Kier molecular flexibility index (Phi) is 6.27. The number of ether oxygens (including phenoxy) is 1. The molecule has 3 nitrogen and oxygen atoms in total. The van der Waals surface area contributed by atoms with E-state index < -0.39 is 18.0 Å². The van der Waals surface area contributed by atoms with E-state index in [4.69, 9.17) is 4.74 Å². The summed E-state index contributed by atoms with van der Waals surface area (Å²) in [5.41, 5.74) is 1.58. The Bertz CT molecular complexity index is 775. The van der Waals surface area contributed by atoms with Crippen LogP contribution in [0, 0.1) is 11.8 Å². The van der Waals surface area contributed by atoms with Crippen molar-refractivity contribution in [2.75, 3.05) is 12.0 Å². The molecule has 0 N–H and O–H groups in total. The maximum Gasteiger partial charge on any atom is 0.391 e. The molecule has 1 amide bonds. The van der Waals surface area contributed by atoms with Gasteiger partial charge in [0.15, 0.2) is 0 Å². The molecule has 150 valence electrons. The second-order valence-electron chi connectivity index (χ2n) is 7.21. The molecular weight excluding hydrogens is 367 g/mol. The van der Waals surface area contributed by atoms with Crippen molar-refractivity contribution in [1.82, 2.24) is 0 Å². The maximum atomic E-state index is 13.3. The number of carbonyl (C=O) groups is 1. The van der Waals surface area contributed by atoms with Crippen LogP contribution in [0.4, 0.5) is 18.9 Å². The molecule has 28 heavy (non-hydrogen) atoms. The first kappa shape index (κ1) is 20.2. The van der Waals surface area contributed by atoms with Gasteiger partial charge in [-0.1, -0.05) is 36.8 Å². The number of halogens is 3. The monoisotopic (exact) mass is 391 g/mol. The highest BCUT2D eigenvalue weighted by Gasteiger charge is 2.44. The minimum absolute atomic E-state index is 0.106. The van der Waals surface area contributed by atoms with Gasteiger partial charge in [-0.25, -0.2) is 0 Å². The highest BCUT2D eigenvalue weighted by Crippen LogP contribution is 2.41. The van der Waals surface area contributed by atoms with Crippen LogP contribution in [0.25, 0.3) is 0 Å². The number of anilines is 1. The van der Waals surface area contributed by atoms with Gasteiger partial charge in [0.25, 0.3) is 0 Å². The number of carbonyl (C=O) groups excluding carboxylic acids is 1. The zero-order chi connectivity index (χ0) is 20.1. The molecule has 0 spiro atoms. The molecule has 1 aliphatic carbocycles. The van der Waals surface area contributed by atoms with Crippen molar-refractivity contribution in [3.8, 4) is 5.75 Å². The van der Waals surface area contributed by atoms with Crippen molar-refractivity contribution in [2.24, 2.45) is 11.8 Å². The van der Waals surface area contributed by atoms with Gasteiger partial charge in [-0.3, -0.25) is 4.79 Å². The van der Waals surface area contributed by atoms with E-state index in [1.165, 1.54) is 0 Å². The summed E-state index contributed by atoms with van der Waals surface area (Å²) in [6, 6.07) is 16.5. The second-order valence-corrected chi connectivity index (χ2v) is 7.21. The first-order valence-corrected chi connectivity index (χ1v) is 9.44. The average Bonchev–Trinajstić information content (AvgIpc) is 2.72. The molecule has 2 atom stereocenters. The van der Waals surface area contributed by atoms with E-state index in [9.17, 15) is 18.0 Å². The summed E-state index contributed by atoms with van der Waals surface area (Å²) in [6.07, 6.45) is -3.36. The Hall–Kier alpha value is -2.50. The van der Waals surface area contributed by atoms with Crippen LogP contribution < -0.4 is 9.64 Å². The predicted octanol–water partition coefficient (Wildman–Crippen LogP) is 5.60. The van der Waals surface area contributed by atoms with Gasteiger partial charge in [0.1, 0.15) is 5.75 Å². The molecule has 0 bridgehead atoms. The molecule has 3 rings (SSSR count). The zero-order valence-corrected chi connectivity index (χ0v) is 15.8. The summed E-state index contributed by atoms with van der Waals surface area (Å²) in [5.74, 6) is -1.61. The molecule has 2 aromatic carbocycles. The van der Waals surface area contributed by atoms with E-state index in [2.05, 4.69) is 0 Å². The van der Waals surface area contributed by atoms with Crippen LogP contribution in [-0.4, -0.2) is 19.2 Å². The Morgan fingerprint density at radius 2 is 1.75 bits per heavy atom. The number of nitrogens with zero attached hydrogens (tertiary/aromatic N) is 1. The van der Waals surface area contributed by atoms with E-state index in [1.807, 2.05) is 30.3 Å². The molecule has 6 heteroatoms. The van der Waals surface area contributed by atoms with Crippen LogP contribution in [0.2, 0.25) is 0 Å². The first-order valence-electron chi connectivity index (χ1n) is 9.44. The number of rotatable bonds is 5. The van der Waals surface area contributed by atoms with Crippen molar-refractivity contribution in [3.05, 3.63) is 60.2 Å². The van der Waals surface area contributed by atoms with Crippen molar-refractivity contribution >= 4 is 11.6 Å². The molecule has 1 fully saturated rings. The predicted molar refractivity (Wildman–Crippen MR) is 102 cm³/mol. The molecule has 0 aromatic heterocycles. The van der Waals surface area contributed by atoms with Crippen molar-refractivity contribution < 1.29 is 22.7 Å². The standard InChI is InChI=1S/C22H24F3NO2/c1-28-20-12-10-19(11-13-20)26(15-16-6-3-2-4-7-16)21(27)17-8-5-9-18(14-17)22(23,24)25/h2-4,6-7,10-13,17-18H,5,8-9,14-15H2,1H3. The van der Waals surface area contributed by atoms with Gasteiger partial charge in [0.2, 0.25) is 5.91 Å². The Balaban J connectivity index is 1.85. The Morgan fingerprint density at radius 3 is 2.36 bits per heavy atom. The van der Waals surface area contributed by atoms with E-state index in [0.29, 0.717) is 30.8 Å². The highest BCUT2D eigenvalue weighted by atomic mass is 19.4. The number of hydrogen-bond donors (Lipinski definition) is 0. The third-order valence-electron chi connectivity index (χ3n) is 5.32. The molecule has 1 saturated carbocycles. The lowest BCUT2D eigenvalue weighted by Gasteiger charge is -2.33. The third kappa shape index (κ3) is 4.86. The number of benzene rings is 2. The van der Waals surface area contributed by atoms with Crippen LogP contribution in [0.15, 0.2) is 54.6 Å². The normalized spacial score (nSPS) is 19.9. The van der Waals surface area contributed by atoms with E-state index in [-0.39, 0.29) is 18.7 Å². The van der Waals surface area contributed by atoms with E-state index in [0.717, 1.165) is 5.56 Å². The number of alkyl halides is 3. The molecule has 1 aliphatic rings. The molecule has 0 radical (unpaired) electrons. The van der Waals surface area contributed by atoms with E-state index >= 15 is 0 Å². The van der Waals surface area contributed by atoms with Crippen LogP contribution in [0.3, 0.4) is 0 Å². The van der Waals surface area contributed by atoms with Gasteiger partial charge in [0.05, 0.1) is 19.6 Å². The summed E-state index contributed by atoms with van der Waals surface area (Å²) >= 11 is 0. The van der Waals surface area contributed by atoms with Gasteiger partial charge < -0.3 is 9.64 Å². The summed E-state index contributed by atoms with van der Waals surface area (Å²) in [6.45, 7) is 0.319. The molecular formula is C22H24F3NO2. The zero-order valence-electron chi connectivity index (χ0n) is 15.8. The molecule has 2 aromatic rings. The van der Waals surface area contributed by atoms with Crippen molar-refractivity contribution in [1.29, 1.82) is 0 Å². The summed E-state index contributed by atoms with van der Waals surface area (Å²) < 4.78 is 44.7. The second kappa shape index (κ2) is 8.67. The fourth-order valence-electron chi connectivity index (χ4n) is 3.76. The summed E-state index contributed by atoms with van der Waals surface area (Å²) in [4.78, 5) is 14.9. The lowest BCUT2D eigenvalue weighted by Crippen LogP contribution is -2.40. The number of methoxy groups -OCH3 is 1. The first-order chi connectivity index (χ1) is 13.4.